The number of nitrogens with one attached hydrogen (secondary N) is 1. The first kappa shape index (κ1) is 12.7. The summed E-state index contributed by atoms with van der Waals surface area (Å²) < 4.78 is 0. The molecule has 3 N–H and O–H groups in total. The minimum atomic E-state index is -0.0841. The number of carbonyl (C=O) groups excluding carboxylic acids is 1. The second-order valence-corrected chi connectivity index (χ2v) is 6.24. The van der Waals surface area contributed by atoms with Crippen molar-refractivity contribution in [2.45, 2.75) is 56.5 Å². The smallest absolute Gasteiger partial charge is 0.227 e. The zero-order valence-corrected chi connectivity index (χ0v) is 11.5. The molecule has 0 aliphatic heterocycles. The second kappa shape index (κ2) is 4.64. The molecule has 2 saturated carbocycles. The lowest BCUT2D eigenvalue weighted by Gasteiger charge is -2.18. The normalized spacial score (nSPS) is 21.8. The molecule has 1 amide bonds. The number of rotatable bonds is 5. The third-order valence-corrected chi connectivity index (χ3v) is 4.27. The summed E-state index contributed by atoms with van der Waals surface area (Å²) in [6.07, 6.45) is 5.36. The van der Waals surface area contributed by atoms with Crippen molar-refractivity contribution >= 4 is 5.91 Å². The fraction of sp³-hybridized carbons (Fsp3) is 0.562. The lowest BCUT2D eigenvalue weighted by Crippen LogP contribution is -2.31. The summed E-state index contributed by atoms with van der Waals surface area (Å²) in [6, 6.07) is 8.65. The molecule has 1 aromatic rings. The summed E-state index contributed by atoms with van der Waals surface area (Å²) in [6.45, 7) is 1.99. The van der Waals surface area contributed by atoms with Crippen molar-refractivity contribution in [1.82, 2.24) is 5.32 Å². The zero-order chi connectivity index (χ0) is 13.5. The van der Waals surface area contributed by atoms with Gasteiger partial charge in [-0.2, -0.15) is 0 Å². The summed E-state index contributed by atoms with van der Waals surface area (Å²) in [5.74, 6) is 0.0657. The molecule has 3 nitrogen and oxygen atoms in total. The van der Waals surface area contributed by atoms with Gasteiger partial charge in [-0.25, -0.2) is 0 Å². The quantitative estimate of drug-likeness (QED) is 0.850. The number of benzene rings is 1. The van der Waals surface area contributed by atoms with E-state index in [0.29, 0.717) is 6.04 Å². The van der Waals surface area contributed by atoms with E-state index in [2.05, 4.69) is 17.4 Å². The fourth-order valence-electron chi connectivity index (χ4n) is 2.53. The van der Waals surface area contributed by atoms with E-state index in [4.69, 9.17) is 5.73 Å². The maximum atomic E-state index is 12.2. The van der Waals surface area contributed by atoms with E-state index >= 15 is 0 Å². The van der Waals surface area contributed by atoms with E-state index in [1.807, 2.05) is 19.1 Å². The summed E-state index contributed by atoms with van der Waals surface area (Å²) in [4.78, 5) is 12.2. The van der Waals surface area contributed by atoms with Gasteiger partial charge in [0.15, 0.2) is 0 Å². The highest BCUT2D eigenvalue weighted by atomic mass is 16.1. The molecule has 0 spiro atoms. The van der Waals surface area contributed by atoms with E-state index in [1.165, 1.54) is 5.56 Å². The van der Waals surface area contributed by atoms with Crippen LogP contribution in [0.3, 0.4) is 0 Å². The monoisotopic (exact) mass is 258 g/mol. The highest BCUT2D eigenvalue weighted by molar-refractivity contribution is 5.84. The summed E-state index contributed by atoms with van der Waals surface area (Å²) in [5, 5.41) is 3.09. The Morgan fingerprint density at radius 3 is 2.74 bits per heavy atom. The van der Waals surface area contributed by atoms with Gasteiger partial charge >= 0.3 is 0 Å². The molecule has 1 unspecified atom stereocenters. The first-order valence-electron chi connectivity index (χ1n) is 7.24. The summed E-state index contributed by atoms with van der Waals surface area (Å²) in [5.41, 5.74) is 8.58. The van der Waals surface area contributed by atoms with Crippen LogP contribution in [-0.4, -0.2) is 17.5 Å². The molecule has 2 fully saturated rings. The molecule has 19 heavy (non-hydrogen) atoms. The molecule has 1 atom stereocenters. The van der Waals surface area contributed by atoms with Gasteiger partial charge in [-0.3, -0.25) is 4.79 Å². The average Bonchev–Trinajstić information content (AvgIpc) is 3.29. The van der Waals surface area contributed by atoms with E-state index in [9.17, 15) is 4.79 Å². The van der Waals surface area contributed by atoms with Crippen LogP contribution in [0.2, 0.25) is 0 Å². The number of amides is 1. The number of hydrogen-bond donors (Lipinski definition) is 2. The van der Waals surface area contributed by atoms with Gasteiger partial charge in [-0.05, 0) is 50.2 Å². The predicted octanol–water partition coefficient (Wildman–Crippen LogP) is 2.10. The molecule has 0 aromatic heterocycles. The topological polar surface area (TPSA) is 55.1 Å². The highest BCUT2D eigenvalue weighted by Crippen LogP contribution is 2.37. The molecule has 3 heteroatoms. The fourth-order valence-corrected chi connectivity index (χ4v) is 2.53. The number of carbonyl (C=O) groups is 1. The van der Waals surface area contributed by atoms with Crippen LogP contribution in [0.5, 0.6) is 0 Å². The number of hydrogen-bond acceptors (Lipinski definition) is 2. The van der Waals surface area contributed by atoms with Crippen molar-refractivity contribution in [3.8, 4) is 0 Å². The highest BCUT2D eigenvalue weighted by Gasteiger charge is 2.39. The standard InChI is InChI=1S/C16H22N2O/c1-11(15(19)18-13-6-7-13)14-5-3-2-4-12(14)10-16(17)8-9-16/h2-5,11,13H,6-10,17H2,1H3,(H,18,19). The van der Waals surface area contributed by atoms with Gasteiger partial charge < -0.3 is 11.1 Å². The lowest BCUT2D eigenvalue weighted by atomic mass is 9.91. The van der Waals surface area contributed by atoms with Crippen LogP contribution in [0.15, 0.2) is 24.3 Å². The molecule has 0 saturated heterocycles. The molecular formula is C16H22N2O. The van der Waals surface area contributed by atoms with E-state index in [0.717, 1.165) is 37.7 Å². The average molecular weight is 258 g/mol. The van der Waals surface area contributed by atoms with Crippen LogP contribution >= 0.6 is 0 Å². The van der Waals surface area contributed by atoms with Crippen LogP contribution in [-0.2, 0) is 11.2 Å². The van der Waals surface area contributed by atoms with Crippen LogP contribution in [0.25, 0.3) is 0 Å². The molecule has 102 valence electrons. The van der Waals surface area contributed by atoms with Crippen molar-refractivity contribution in [3.05, 3.63) is 35.4 Å². The van der Waals surface area contributed by atoms with Gasteiger partial charge in [0.25, 0.3) is 0 Å². The third-order valence-electron chi connectivity index (χ3n) is 4.27. The second-order valence-electron chi connectivity index (χ2n) is 6.24. The minimum absolute atomic E-state index is 0.0111. The number of nitrogens with two attached hydrogens (primary N) is 1. The predicted molar refractivity (Wildman–Crippen MR) is 75.9 cm³/mol. The van der Waals surface area contributed by atoms with Gasteiger partial charge in [0.1, 0.15) is 0 Å². The van der Waals surface area contributed by atoms with Crippen LogP contribution < -0.4 is 11.1 Å². The van der Waals surface area contributed by atoms with Crippen molar-refractivity contribution in [1.29, 1.82) is 0 Å². The SMILES string of the molecule is CC(C(=O)NC1CC1)c1ccccc1CC1(N)CC1. The minimum Gasteiger partial charge on any atom is -0.353 e. The molecular weight excluding hydrogens is 236 g/mol. The first-order chi connectivity index (χ1) is 9.07. The Bertz CT molecular complexity index is 489. The van der Waals surface area contributed by atoms with Crippen molar-refractivity contribution in [2.24, 2.45) is 5.73 Å². The summed E-state index contributed by atoms with van der Waals surface area (Å²) >= 11 is 0. The largest absolute Gasteiger partial charge is 0.353 e. The van der Waals surface area contributed by atoms with Gasteiger partial charge in [-0.1, -0.05) is 24.3 Å². The third kappa shape index (κ3) is 2.98. The zero-order valence-electron chi connectivity index (χ0n) is 11.5. The van der Waals surface area contributed by atoms with Gasteiger partial charge in [-0.15, -0.1) is 0 Å². The Hall–Kier alpha value is -1.35. The van der Waals surface area contributed by atoms with Gasteiger partial charge in [0, 0.05) is 11.6 Å². The molecule has 0 radical (unpaired) electrons. The Balaban J connectivity index is 1.76. The van der Waals surface area contributed by atoms with Crippen molar-refractivity contribution < 1.29 is 4.79 Å². The Morgan fingerprint density at radius 1 is 1.42 bits per heavy atom. The molecule has 0 bridgehead atoms. The maximum Gasteiger partial charge on any atom is 0.227 e. The molecule has 2 aliphatic rings. The van der Waals surface area contributed by atoms with Crippen molar-refractivity contribution in [2.75, 3.05) is 0 Å². The Labute approximate surface area is 114 Å². The van der Waals surface area contributed by atoms with Crippen LogP contribution in [0.4, 0.5) is 0 Å². The first-order valence-corrected chi connectivity index (χ1v) is 7.24. The van der Waals surface area contributed by atoms with E-state index in [1.54, 1.807) is 0 Å². The lowest BCUT2D eigenvalue weighted by molar-refractivity contribution is -0.122. The maximum absolute atomic E-state index is 12.2. The molecule has 2 aliphatic carbocycles. The van der Waals surface area contributed by atoms with Gasteiger partial charge in [0.05, 0.1) is 5.92 Å². The van der Waals surface area contributed by atoms with E-state index < -0.39 is 0 Å². The summed E-state index contributed by atoms with van der Waals surface area (Å²) in [7, 11) is 0. The molecule has 3 rings (SSSR count). The Kier molecular flexibility index (Phi) is 3.09. The Morgan fingerprint density at radius 2 is 2.11 bits per heavy atom. The van der Waals surface area contributed by atoms with Gasteiger partial charge in [0.2, 0.25) is 5.91 Å². The van der Waals surface area contributed by atoms with Crippen molar-refractivity contribution in [3.63, 3.8) is 0 Å². The van der Waals surface area contributed by atoms with E-state index in [-0.39, 0.29) is 17.4 Å². The van der Waals surface area contributed by atoms with Crippen LogP contribution in [0, 0.1) is 0 Å². The molecule has 0 heterocycles. The van der Waals surface area contributed by atoms with Crippen LogP contribution in [0.1, 0.15) is 49.7 Å². The molecule has 1 aromatic carbocycles.